The Kier molecular flexibility index (Phi) is 2.45. The van der Waals surface area contributed by atoms with Gasteiger partial charge in [-0.2, -0.15) is 0 Å². The molecule has 106 valence electrons. The summed E-state index contributed by atoms with van der Waals surface area (Å²) >= 11 is 0. The average molecular weight is 282 g/mol. The lowest BCUT2D eigenvalue weighted by Gasteiger charge is -2.08. The second-order valence-electron chi connectivity index (χ2n) is 5.40. The fraction of sp³-hybridized carbons (Fsp3) is 0.250. The van der Waals surface area contributed by atoms with E-state index in [1.165, 1.54) is 7.11 Å². The number of ether oxygens (including phenoxy) is 1. The van der Waals surface area contributed by atoms with Gasteiger partial charge in [0.1, 0.15) is 11.2 Å². The first-order valence-corrected chi connectivity index (χ1v) is 6.94. The van der Waals surface area contributed by atoms with Crippen molar-refractivity contribution in [3.63, 3.8) is 0 Å². The van der Waals surface area contributed by atoms with Crippen LogP contribution in [0, 0.1) is 0 Å². The van der Waals surface area contributed by atoms with Crippen molar-refractivity contribution in [3.8, 4) is 0 Å². The molecule has 1 aromatic carbocycles. The third kappa shape index (κ3) is 1.70. The summed E-state index contributed by atoms with van der Waals surface area (Å²) in [5.41, 5.74) is 1.52. The van der Waals surface area contributed by atoms with Gasteiger partial charge in [0.05, 0.1) is 12.5 Å². The molecular formula is C16H14N2O3. The van der Waals surface area contributed by atoms with Crippen molar-refractivity contribution < 1.29 is 9.53 Å². The summed E-state index contributed by atoms with van der Waals surface area (Å²) in [6.45, 7) is 0. The van der Waals surface area contributed by atoms with E-state index in [9.17, 15) is 9.59 Å². The highest BCUT2D eigenvalue weighted by Gasteiger charge is 2.28. The molecule has 0 spiro atoms. The monoisotopic (exact) mass is 282 g/mol. The van der Waals surface area contributed by atoms with Crippen LogP contribution in [-0.2, 0) is 4.74 Å². The third-order valence-corrected chi connectivity index (χ3v) is 4.03. The number of methoxy groups -OCH3 is 1. The number of pyridine rings is 1. The van der Waals surface area contributed by atoms with Crippen molar-refractivity contribution >= 4 is 27.9 Å². The molecule has 1 aliphatic carbocycles. The zero-order valence-corrected chi connectivity index (χ0v) is 11.6. The number of esters is 1. The van der Waals surface area contributed by atoms with E-state index >= 15 is 0 Å². The fourth-order valence-electron chi connectivity index (χ4n) is 2.84. The summed E-state index contributed by atoms with van der Waals surface area (Å²) in [5, 5.41) is 1.41. The molecule has 0 atom stereocenters. The highest BCUT2D eigenvalue weighted by molar-refractivity contribution is 6.08. The number of fused-ring (bicyclic) bond motifs is 3. The fourth-order valence-corrected chi connectivity index (χ4v) is 2.84. The summed E-state index contributed by atoms with van der Waals surface area (Å²) in [6, 6.07) is 7.99. The molecule has 0 bridgehead atoms. The van der Waals surface area contributed by atoms with Gasteiger partial charge < -0.3 is 14.3 Å². The lowest BCUT2D eigenvalue weighted by atomic mass is 10.1. The molecule has 5 heteroatoms. The molecule has 1 aliphatic rings. The number of benzene rings is 1. The van der Waals surface area contributed by atoms with Gasteiger partial charge in [-0.25, -0.2) is 4.79 Å². The number of rotatable bonds is 2. The summed E-state index contributed by atoms with van der Waals surface area (Å²) in [5.74, 6) is -0.582. The first kappa shape index (κ1) is 12.2. The van der Waals surface area contributed by atoms with Gasteiger partial charge in [0.2, 0.25) is 5.43 Å². The molecule has 5 nitrogen and oxygen atoms in total. The number of para-hydroxylation sites is 1. The lowest BCUT2D eigenvalue weighted by Crippen LogP contribution is -2.19. The molecule has 21 heavy (non-hydrogen) atoms. The van der Waals surface area contributed by atoms with Gasteiger partial charge in [-0.1, -0.05) is 18.2 Å². The van der Waals surface area contributed by atoms with Crippen molar-refractivity contribution in [3.05, 3.63) is 46.2 Å². The molecule has 2 aromatic heterocycles. The van der Waals surface area contributed by atoms with E-state index in [-0.39, 0.29) is 11.0 Å². The number of hydrogen-bond acceptors (Lipinski definition) is 3. The first-order valence-electron chi connectivity index (χ1n) is 6.94. The van der Waals surface area contributed by atoms with E-state index in [1.807, 2.05) is 28.8 Å². The predicted molar refractivity (Wildman–Crippen MR) is 79.7 cm³/mol. The maximum Gasteiger partial charge on any atom is 0.343 e. The summed E-state index contributed by atoms with van der Waals surface area (Å²) in [7, 11) is 1.29. The second-order valence-corrected chi connectivity index (χ2v) is 5.40. The van der Waals surface area contributed by atoms with Crippen molar-refractivity contribution in [1.29, 1.82) is 0 Å². The van der Waals surface area contributed by atoms with Crippen LogP contribution in [-0.4, -0.2) is 22.6 Å². The molecule has 0 unspecified atom stereocenters. The number of carbonyl (C=O) groups is 1. The van der Waals surface area contributed by atoms with Crippen LogP contribution in [0.3, 0.4) is 0 Å². The number of hydrogen-bond donors (Lipinski definition) is 1. The molecule has 4 rings (SSSR count). The topological polar surface area (TPSA) is 64.1 Å². The minimum atomic E-state index is -0.582. The zero-order valence-electron chi connectivity index (χ0n) is 11.6. The molecular weight excluding hydrogens is 268 g/mol. The molecule has 1 saturated carbocycles. The van der Waals surface area contributed by atoms with Gasteiger partial charge in [0, 0.05) is 23.1 Å². The Morgan fingerprint density at radius 3 is 2.81 bits per heavy atom. The number of carbonyl (C=O) groups excluding carboxylic acids is 1. The number of nitrogens with zero attached hydrogens (tertiary/aromatic N) is 1. The van der Waals surface area contributed by atoms with Crippen LogP contribution >= 0.6 is 0 Å². The van der Waals surface area contributed by atoms with Crippen molar-refractivity contribution in [2.45, 2.75) is 18.9 Å². The summed E-state index contributed by atoms with van der Waals surface area (Å²) in [4.78, 5) is 27.9. The van der Waals surface area contributed by atoms with E-state index in [1.54, 1.807) is 6.20 Å². The van der Waals surface area contributed by atoms with Gasteiger partial charge >= 0.3 is 5.97 Å². The van der Waals surface area contributed by atoms with Crippen LogP contribution in [0.5, 0.6) is 0 Å². The molecule has 2 heterocycles. The van der Waals surface area contributed by atoms with Crippen molar-refractivity contribution in [1.82, 2.24) is 9.55 Å². The summed E-state index contributed by atoms with van der Waals surface area (Å²) in [6.07, 6.45) is 3.76. The Bertz CT molecular complexity index is 932. The second kappa shape index (κ2) is 4.22. The Balaban J connectivity index is 2.18. The van der Waals surface area contributed by atoms with Gasteiger partial charge in [-0.3, -0.25) is 4.79 Å². The molecule has 0 amide bonds. The van der Waals surface area contributed by atoms with Gasteiger partial charge in [0.25, 0.3) is 0 Å². The molecule has 0 aliphatic heterocycles. The van der Waals surface area contributed by atoms with Crippen LogP contribution in [0.15, 0.2) is 35.3 Å². The first-order chi connectivity index (χ1) is 10.2. The van der Waals surface area contributed by atoms with Gasteiger partial charge in [-0.05, 0) is 18.9 Å². The average Bonchev–Trinajstić information content (AvgIpc) is 3.26. The number of aromatic amines is 1. The lowest BCUT2D eigenvalue weighted by molar-refractivity contribution is 0.0598. The Morgan fingerprint density at radius 2 is 2.10 bits per heavy atom. The zero-order chi connectivity index (χ0) is 14.6. The maximum absolute atomic E-state index is 12.7. The molecule has 0 radical (unpaired) electrons. The standard InChI is InChI=1S/C16H14N2O3/c1-21-16(20)11-8-18(9-6-7-9)15-13(14(11)19)10-4-2-3-5-12(10)17-15/h2-5,8-9,17H,6-7H2,1H3. The Labute approximate surface area is 120 Å². The van der Waals surface area contributed by atoms with E-state index in [0.29, 0.717) is 11.4 Å². The Morgan fingerprint density at radius 1 is 1.33 bits per heavy atom. The van der Waals surface area contributed by atoms with E-state index < -0.39 is 5.97 Å². The van der Waals surface area contributed by atoms with Crippen LogP contribution in [0.1, 0.15) is 29.2 Å². The van der Waals surface area contributed by atoms with Gasteiger partial charge in [-0.15, -0.1) is 0 Å². The van der Waals surface area contributed by atoms with Crippen LogP contribution in [0.2, 0.25) is 0 Å². The highest BCUT2D eigenvalue weighted by atomic mass is 16.5. The SMILES string of the molecule is COC(=O)c1cn(C2CC2)c2[nH]c3ccccc3c2c1=O. The van der Waals surface area contributed by atoms with E-state index in [2.05, 4.69) is 4.98 Å². The van der Waals surface area contributed by atoms with E-state index in [0.717, 1.165) is 29.4 Å². The van der Waals surface area contributed by atoms with Crippen LogP contribution in [0.25, 0.3) is 21.9 Å². The molecule has 1 fully saturated rings. The predicted octanol–water partition coefficient (Wildman–Crippen LogP) is 2.60. The quantitative estimate of drug-likeness (QED) is 0.735. The number of H-pyrrole nitrogens is 1. The van der Waals surface area contributed by atoms with Crippen LogP contribution in [0.4, 0.5) is 0 Å². The van der Waals surface area contributed by atoms with Crippen molar-refractivity contribution in [2.24, 2.45) is 0 Å². The highest BCUT2D eigenvalue weighted by Crippen LogP contribution is 2.37. The minimum absolute atomic E-state index is 0.0988. The summed E-state index contributed by atoms with van der Waals surface area (Å²) < 4.78 is 6.75. The number of nitrogens with one attached hydrogen (secondary N) is 1. The van der Waals surface area contributed by atoms with Crippen LogP contribution < -0.4 is 5.43 Å². The normalized spacial score (nSPS) is 14.7. The largest absolute Gasteiger partial charge is 0.465 e. The number of aromatic nitrogens is 2. The Hall–Kier alpha value is -2.56. The molecule has 3 aromatic rings. The molecule has 0 saturated heterocycles. The smallest absolute Gasteiger partial charge is 0.343 e. The molecule has 1 N–H and O–H groups in total. The minimum Gasteiger partial charge on any atom is -0.465 e. The van der Waals surface area contributed by atoms with Gasteiger partial charge in [0.15, 0.2) is 0 Å². The van der Waals surface area contributed by atoms with E-state index in [4.69, 9.17) is 4.74 Å². The van der Waals surface area contributed by atoms with Crippen molar-refractivity contribution in [2.75, 3.05) is 7.11 Å². The third-order valence-electron chi connectivity index (χ3n) is 4.03. The maximum atomic E-state index is 12.7.